The van der Waals surface area contributed by atoms with Gasteiger partial charge >= 0.3 is 5.97 Å². The molecule has 1 aromatic rings. The maximum absolute atomic E-state index is 10.7. The molecule has 1 heterocycles. The Hall–Kier alpha value is -0.830. The first-order chi connectivity index (χ1) is 6.02. The minimum atomic E-state index is -0.816. The molecule has 2 nitrogen and oxygen atoms in total. The lowest BCUT2D eigenvalue weighted by atomic mass is 10.1. The molecule has 1 N–H and O–H groups in total. The first-order valence-corrected chi connectivity index (χ1v) is 5.20. The van der Waals surface area contributed by atoms with E-state index in [9.17, 15) is 4.79 Å². The van der Waals surface area contributed by atoms with Crippen molar-refractivity contribution in [2.45, 2.75) is 27.2 Å². The van der Waals surface area contributed by atoms with Crippen molar-refractivity contribution >= 4 is 17.3 Å². The smallest absolute Gasteiger partial charge is 0.336 e. The molecule has 1 aromatic heterocycles. The molecule has 72 valence electrons. The van der Waals surface area contributed by atoms with E-state index in [1.54, 1.807) is 16.7 Å². The van der Waals surface area contributed by atoms with Crippen LogP contribution in [0.4, 0.5) is 0 Å². The van der Waals surface area contributed by atoms with Crippen LogP contribution in [-0.2, 0) is 6.42 Å². The van der Waals surface area contributed by atoms with Gasteiger partial charge in [-0.1, -0.05) is 13.8 Å². The third kappa shape index (κ3) is 2.31. The number of thiophene rings is 1. The molecule has 3 heteroatoms. The van der Waals surface area contributed by atoms with Crippen LogP contribution in [0.1, 0.15) is 34.6 Å². The first-order valence-electron chi connectivity index (χ1n) is 4.32. The van der Waals surface area contributed by atoms with E-state index < -0.39 is 5.97 Å². The molecular formula is C10H14O2S. The van der Waals surface area contributed by atoms with Crippen LogP contribution in [0.5, 0.6) is 0 Å². The van der Waals surface area contributed by atoms with Gasteiger partial charge in [-0.2, -0.15) is 0 Å². The lowest BCUT2D eigenvalue weighted by Crippen LogP contribution is -1.98. The zero-order chi connectivity index (χ0) is 10.0. The molecule has 0 aliphatic heterocycles. The van der Waals surface area contributed by atoms with Crippen LogP contribution in [0.2, 0.25) is 0 Å². The molecule has 1 rings (SSSR count). The van der Waals surface area contributed by atoms with Crippen LogP contribution in [0.3, 0.4) is 0 Å². The minimum Gasteiger partial charge on any atom is -0.478 e. The Balaban J connectivity index is 2.93. The number of carbonyl (C=O) groups is 1. The molecule has 0 spiro atoms. The van der Waals surface area contributed by atoms with Gasteiger partial charge < -0.3 is 5.11 Å². The molecule has 0 atom stereocenters. The fourth-order valence-electron chi connectivity index (χ4n) is 1.24. The van der Waals surface area contributed by atoms with Crippen molar-refractivity contribution in [3.8, 4) is 0 Å². The molecule has 0 saturated heterocycles. The van der Waals surface area contributed by atoms with Gasteiger partial charge in [0, 0.05) is 10.3 Å². The summed E-state index contributed by atoms with van der Waals surface area (Å²) in [6.07, 6.45) is 0.976. The summed E-state index contributed by atoms with van der Waals surface area (Å²) in [7, 11) is 0. The quantitative estimate of drug-likeness (QED) is 0.810. The summed E-state index contributed by atoms with van der Waals surface area (Å²) in [5.41, 5.74) is 1.40. The van der Waals surface area contributed by atoms with Gasteiger partial charge in [0.05, 0.1) is 5.56 Å². The minimum absolute atomic E-state index is 0.459. The van der Waals surface area contributed by atoms with E-state index in [1.807, 2.05) is 6.92 Å². The van der Waals surface area contributed by atoms with Crippen LogP contribution >= 0.6 is 11.3 Å². The Morgan fingerprint density at radius 2 is 2.23 bits per heavy atom. The molecular weight excluding hydrogens is 184 g/mol. The second-order valence-corrected chi connectivity index (χ2v) is 4.56. The first kappa shape index (κ1) is 10.3. The summed E-state index contributed by atoms with van der Waals surface area (Å²) in [5.74, 6) is -0.234. The Morgan fingerprint density at radius 1 is 1.62 bits per heavy atom. The van der Waals surface area contributed by atoms with E-state index in [1.165, 1.54) is 4.88 Å². The molecule has 0 saturated carbocycles. The molecule has 0 radical (unpaired) electrons. The molecule has 0 unspecified atom stereocenters. The third-order valence-corrected chi connectivity index (χ3v) is 3.08. The molecule has 0 aromatic carbocycles. The summed E-state index contributed by atoms with van der Waals surface area (Å²) in [6.45, 7) is 6.16. The van der Waals surface area contributed by atoms with Gasteiger partial charge in [-0.15, -0.1) is 11.3 Å². The van der Waals surface area contributed by atoms with Gasteiger partial charge in [-0.3, -0.25) is 0 Å². The Kier molecular flexibility index (Phi) is 3.09. The van der Waals surface area contributed by atoms with Crippen LogP contribution in [0.15, 0.2) is 5.38 Å². The fourth-order valence-corrected chi connectivity index (χ4v) is 2.49. The Morgan fingerprint density at radius 3 is 2.62 bits per heavy atom. The summed E-state index contributed by atoms with van der Waals surface area (Å²) in [4.78, 5) is 11.9. The van der Waals surface area contributed by atoms with E-state index in [2.05, 4.69) is 13.8 Å². The fraction of sp³-hybridized carbons (Fsp3) is 0.500. The van der Waals surface area contributed by atoms with Crippen molar-refractivity contribution in [3.05, 3.63) is 21.4 Å². The van der Waals surface area contributed by atoms with E-state index in [4.69, 9.17) is 5.11 Å². The zero-order valence-corrected chi connectivity index (χ0v) is 8.94. The molecule has 0 amide bonds. The van der Waals surface area contributed by atoms with Gasteiger partial charge in [0.25, 0.3) is 0 Å². The van der Waals surface area contributed by atoms with Gasteiger partial charge in [0.2, 0.25) is 0 Å². The van der Waals surface area contributed by atoms with Crippen LogP contribution in [0.25, 0.3) is 0 Å². The SMILES string of the molecule is Cc1c(C(=O)O)csc1CC(C)C. The highest BCUT2D eigenvalue weighted by Crippen LogP contribution is 2.24. The number of rotatable bonds is 3. The van der Waals surface area contributed by atoms with Gasteiger partial charge in [-0.05, 0) is 24.8 Å². The van der Waals surface area contributed by atoms with Crippen molar-refractivity contribution in [1.82, 2.24) is 0 Å². The molecule has 13 heavy (non-hydrogen) atoms. The summed E-state index contributed by atoms with van der Waals surface area (Å²) < 4.78 is 0. The summed E-state index contributed by atoms with van der Waals surface area (Å²) >= 11 is 1.55. The van der Waals surface area contributed by atoms with Crippen molar-refractivity contribution in [3.63, 3.8) is 0 Å². The summed E-state index contributed by atoms with van der Waals surface area (Å²) in [6, 6.07) is 0. The van der Waals surface area contributed by atoms with Gasteiger partial charge in [0.1, 0.15) is 0 Å². The lowest BCUT2D eigenvalue weighted by Gasteiger charge is -2.02. The predicted octanol–water partition coefficient (Wildman–Crippen LogP) is 2.95. The highest BCUT2D eigenvalue weighted by molar-refractivity contribution is 7.10. The van der Waals surface area contributed by atoms with Gasteiger partial charge in [-0.25, -0.2) is 4.79 Å². The van der Waals surface area contributed by atoms with Crippen molar-refractivity contribution in [1.29, 1.82) is 0 Å². The molecule has 0 aliphatic carbocycles. The maximum atomic E-state index is 10.7. The van der Waals surface area contributed by atoms with E-state index in [0.717, 1.165) is 12.0 Å². The number of hydrogen-bond donors (Lipinski definition) is 1. The normalized spacial score (nSPS) is 10.8. The van der Waals surface area contributed by atoms with E-state index in [-0.39, 0.29) is 0 Å². The number of aromatic carboxylic acids is 1. The molecule has 0 fully saturated rings. The summed E-state index contributed by atoms with van der Waals surface area (Å²) in [5, 5.41) is 10.6. The second kappa shape index (κ2) is 3.92. The number of carboxylic acid groups (broad SMARTS) is 1. The monoisotopic (exact) mass is 198 g/mol. The van der Waals surface area contributed by atoms with Gasteiger partial charge in [0.15, 0.2) is 0 Å². The Bertz CT molecular complexity index is 313. The second-order valence-electron chi connectivity index (χ2n) is 3.60. The molecule has 0 aliphatic rings. The highest BCUT2D eigenvalue weighted by atomic mass is 32.1. The van der Waals surface area contributed by atoms with Crippen LogP contribution in [0, 0.1) is 12.8 Å². The van der Waals surface area contributed by atoms with Crippen molar-refractivity contribution in [2.24, 2.45) is 5.92 Å². The van der Waals surface area contributed by atoms with E-state index >= 15 is 0 Å². The van der Waals surface area contributed by atoms with E-state index in [0.29, 0.717) is 11.5 Å². The topological polar surface area (TPSA) is 37.3 Å². The maximum Gasteiger partial charge on any atom is 0.336 e. The zero-order valence-electron chi connectivity index (χ0n) is 8.13. The number of hydrogen-bond acceptors (Lipinski definition) is 2. The highest BCUT2D eigenvalue weighted by Gasteiger charge is 2.13. The van der Waals surface area contributed by atoms with Crippen molar-refractivity contribution in [2.75, 3.05) is 0 Å². The lowest BCUT2D eigenvalue weighted by molar-refractivity contribution is 0.0696. The average molecular weight is 198 g/mol. The largest absolute Gasteiger partial charge is 0.478 e. The van der Waals surface area contributed by atoms with Crippen molar-refractivity contribution < 1.29 is 9.90 Å². The average Bonchev–Trinajstić information content (AvgIpc) is 2.32. The van der Waals surface area contributed by atoms with Crippen LogP contribution in [-0.4, -0.2) is 11.1 Å². The molecule has 0 bridgehead atoms. The predicted molar refractivity (Wildman–Crippen MR) is 54.6 cm³/mol. The third-order valence-electron chi connectivity index (χ3n) is 1.97. The number of carboxylic acids is 1. The standard InChI is InChI=1S/C10H14O2S/c1-6(2)4-9-7(3)8(5-13-9)10(11)12/h5-6H,4H2,1-3H3,(H,11,12). The van der Waals surface area contributed by atoms with Crippen LogP contribution < -0.4 is 0 Å². The Labute approximate surface area is 82.2 Å².